The molecule has 0 spiro atoms. The first-order chi connectivity index (χ1) is 7.70. The molecular weight excluding hydrogens is 426 g/mol. The third-order valence-electron chi connectivity index (χ3n) is 2.77. The van der Waals surface area contributed by atoms with E-state index in [9.17, 15) is 4.79 Å². The Morgan fingerprint density at radius 1 is 0.750 bits per heavy atom. The molecule has 0 saturated carbocycles. The van der Waals surface area contributed by atoms with Gasteiger partial charge in [-0.15, -0.1) is 0 Å². The Balaban J connectivity index is 2.48. The van der Waals surface area contributed by atoms with Crippen LogP contribution in [0.2, 0.25) is 0 Å². The summed E-state index contributed by atoms with van der Waals surface area (Å²) in [5.74, 6) is 0.155. The maximum Gasteiger partial charge on any atom is 0.194 e. The number of fused-ring (bicyclic) bond motifs is 3. The zero-order valence-corrected chi connectivity index (χ0v) is 12.4. The van der Waals surface area contributed by atoms with Crippen molar-refractivity contribution >= 4 is 51.0 Å². The topological polar surface area (TPSA) is 17.1 Å². The molecule has 0 N–H and O–H groups in total. The minimum atomic E-state index is 0.155. The van der Waals surface area contributed by atoms with Crippen LogP contribution in [0.1, 0.15) is 15.9 Å². The number of carbonyl (C=O) groups excluding carboxylic acids is 1. The van der Waals surface area contributed by atoms with Crippen LogP contribution in [0.3, 0.4) is 0 Å². The third kappa shape index (κ3) is 1.37. The number of hydrogen-bond acceptors (Lipinski definition) is 1. The largest absolute Gasteiger partial charge is 0.289 e. The van der Waals surface area contributed by atoms with Crippen LogP contribution in [0.15, 0.2) is 36.4 Å². The van der Waals surface area contributed by atoms with E-state index in [1.165, 1.54) is 0 Å². The second-order valence-corrected chi connectivity index (χ2v) is 5.98. The van der Waals surface area contributed by atoms with Gasteiger partial charge in [0.1, 0.15) is 0 Å². The van der Waals surface area contributed by atoms with Crippen LogP contribution < -0.4 is 0 Å². The summed E-state index contributed by atoms with van der Waals surface area (Å²) in [7, 11) is 0. The fourth-order valence-electron chi connectivity index (χ4n) is 2.08. The number of benzene rings is 2. The van der Waals surface area contributed by atoms with E-state index in [0.29, 0.717) is 0 Å². The number of halogens is 2. The monoisotopic (exact) mass is 432 g/mol. The van der Waals surface area contributed by atoms with Gasteiger partial charge in [0.2, 0.25) is 0 Å². The zero-order valence-electron chi connectivity index (χ0n) is 8.13. The minimum absolute atomic E-state index is 0.155. The SMILES string of the molecule is O=C1c2cccc(I)c2-c2c(I)cccc21. The highest BCUT2D eigenvalue weighted by molar-refractivity contribution is 14.1. The van der Waals surface area contributed by atoms with Crippen molar-refractivity contribution in [1.82, 2.24) is 0 Å². The van der Waals surface area contributed by atoms with Crippen LogP contribution >= 0.6 is 45.2 Å². The molecule has 0 atom stereocenters. The molecular formula is C13H6I2O. The maximum atomic E-state index is 12.2. The summed E-state index contributed by atoms with van der Waals surface area (Å²) < 4.78 is 2.29. The Morgan fingerprint density at radius 3 is 1.62 bits per heavy atom. The summed E-state index contributed by atoms with van der Waals surface area (Å²) >= 11 is 4.59. The van der Waals surface area contributed by atoms with Crippen molar-refractivity contribution in [2.45, 2.75) is 0 Å². The summed E-state index contributed by atoms with van der Waals surface area (Å²) in [6, 6.07) is 11.8. The molecule has 78 valence electrons. The molecule has 3 heteroatoms. The van der Waals surface area contributed by atoms with Gasteiger partial charge < -0.3 is 0 Å². The molecule has 0 fully saturated rings. The van der Waals surface area contributed by atoms with Crippen molar-refractivity contribution in [2.75, 3.05) is 0 Å². The molecule has 0 amide bonds. The van der Waals surface area contributed by atoms with Crippen molar-refractivity contribution in [3.05, 3.63) is 54.7 Å². The highest BCUT2D eigenvalue weighted by atomic mass is 127. The van der Waals surface area contributed by atoms with Gasteiger partial charge in [-0.3, -0.25) is 4.79 Å². The lowest BCUT2D eigenvalue weighted by Gasteiger charge is -2.04. The van der Waals surface area contributed by atoms with Crippen LogP contribution in [0.5, 0.6) is 0 Å². The number of rotatable bonds is 0. The van der Waals surface area contributed by atoms with Crippen molar-refractivity contribution < 1.29 is 4.79 Å². The van der Waals surface area contributed by atoms with Gasteiger partial charge >= 0.3 is 0 Å². The summed E-state index contributed by atoms with van der Waals surface area (Å²) in [5, 5.41) is 0. The molecule has 0 bridgehead atoms. The van der Waals surface area contributed by atoms with E-state index in [1.807, 2.05) is 36.4 Å². The van der Waals surface area contributed by atoms with Gasteiger partial charge in [0.05, 0.1) is 0 Å². The first kappa shape index (κ1) is 10.7. The average molecular weight is 432 g/mol. The molecule has 16 heavy (non-hydrogen) atoms. The zero-order chi connectivity index (χ0) is 11.3. The van der Waals surface area contributed by atoms with E-state index in [-0.39, 0.29) is 5.78 Å². The van der Waals surface area contributed by atoms with Crippen LogP contribution in [0, 0.1) is 7.14 Å². The normalized spacial score (nSPS) is 12.5. The molecule has 0 aliphatic heterocycles. The predicted octanol–water partition coefficient (Wildman–Crippen LogP) is 4.11. The molecule has 2 aromatic rings. The van der Waals surface area contributed by atoms with Gasteiger partial charge in [-0.25, -0.2) is 0 Å². The standard InChI is InChI=1S/C13H6I2O/c14-9-5-1-3-7-11(9)12-8(13(7)16)4-2-6-10(12)15/h1-6H. The minimum Gasteiger partial charge on any atom is -0.289 e. The summed E-state index contributed by atoms with van der Waals surface area (Å²) in [5.41, 5.74) is 3.89. The van der Waals surface area contributed by atoms with Crippen molar-refractivity contribution in [1.29, 1.82) is 0 Å². The van der Waals surface area contributed by atoms with E-state index in [1.54, 1.807) is 0 Å². The number of carbonyl (C=O) groups is 1. The molecule has 0 radical (unpaired) electrons. The Bertz CT molecular complexity index is 564. The summed E-state index contributed by atoms with van der Waals surface area (Å²) in [6.45, 7) is 0. The van der Waals surface area contributed by atoms with Gasteiger partial charge in [0.25, 0.3) is 0 Å². The number of ketones is 1. The van der Waals surface area contributed by atoms with Crippen LogP contribution in [-0.2, 0) is 0 Å². The molecule has 0 saturated heterocycles. The van der Waals surface area contributed by atoms with Gasteiger partial charge in [0, 0.05) is 29.4 Å². The predicted molar refractivity (Wildman–Crippen MR) is 80.7 cm³/mol. The molecule has 0 heterocycles. The van der Waals surface area contributed by atoms with Crippen LogP contribution in [-0.4, -0.2) is 5.78 Å². The lowest BCUT2D eigenvalue weighted by Crippen LogP contribution is -1.94. The Labute approximate surface area is 121 Å². The highest BCUT2D eigenvalue weighted by Crippen LogP contribution is 2.41. The molecule has 2 aromatic carbocycles. The first-order valence-corrected chi connectivity index (χ1v) is 6.98. The molecule has 1 aliphatic carbocycles. The lowest BCUT2D eigenvalue weighted by molar-refractivity contribution is 0.104. The fourth-order valence-corrected chi connectivity index (χ4v) is 3.62. The maximum absolute atomic E-state index is 12.2. The van der Waals surface area contributed by atoms with E-state index in [0.717, 1.165) is 29.4 Å². The highest BCUT2D eigenvalue weighted by Gasteiger charge is 2.29. The molecule has 0 unspecified atom stereocenters. The fraction of sp³-hybridized carbons (Fsp3) is 0. The molecule has 1 aliphatic rings. The molecule has 1 nitrogen and oxygen atoms in total. The van der Waals surface area contributed by atoms with Crippen LogP contribution in [0.25, 0.3) is 11.1 Å². The number of hydrogen-bond donors (Lipinski definition) is 0. The Kier molecular flexibility index (Phi) is 2.54. The average Bonchev–Trinajstić information content (AvgIpc) is 2.56. The first-order valence-electron chi connectivity index (χ1n) is 4.82. The van der Waals surface area contributed by atoms with E-state index >= 15 is 0 Å². The van der Waals surface area contributed by atoms with Crippen LogP contribution in [0.4, 0.5) is 0 Å². The van der Waals surface area contributed by atoms with E-state index in [4.69, 9.17) is 0 Å². The van der Waals surface area contributed by atoms with E-state index < -0.39 is 0 Å². The van der Waals surface area contributed by atoms with Gasteiger partial charge in [-0.1, -0.05) is 24.3 Å². The van der Waals surface area contributed by atoms with E-state index in [2.05, 4.69) is 45.2 Å². The van der Waals surface area contributed by atoms with Gasteiger partial charge in [0.15, 0.2) is 5.78 Å². The quantitative estimate of drug-likeness (QED) is 0.489. The summed E-state index contributed by atoms with van der Waals surface area (Å²) in [4.78, 5) is 12.2. The second kappa shape index (κ2) is 3.80. The summed E-state index contributed by atoms with van der Waals surface area (Å²) in [6.07, 6.45) is 0. The lowest BCUT2D eigenvalue weighted by atomic mass is 10.1. The Morgan fingerprint density at radius 2 is 1.19 bits per heavy atom. The van der Waals surface area contributed by atoms with Gasteiger partial charge in [-0.2, -0.15) is 0 Å². The molecule has 0 aromatic heterocycles. The van der Waals surface area contributed by atoms with Crippen molar-refractivity contribution in [3.63, 3.8) is 0 Å². The van der Waals surface area contributed by atoms with Crippen molar-refractivity contribution in [2.24, 2.45) is 0 Å². The van der Waals surface area contributed by atoms with Gasteiger partial charge in [-0.05, 0) is 57.3 Å². The second-order valence-electron chi connectivity index (χ2n) is 3.65. The third-order valence-corrected chi connectivity index (χ3v) is 4.56. The molecule has 3 rings (SSSR count). The van der Waals surface area contributed by atoms with Crippen molar-refractivity contribution in [3.8, 4) is 11.1 Å². The smallest absolute Gasteiger partial charge is 0.194 e. The Hall–Kier alpha value is -0.430.